The van der Waals surface area contributed by atoms with Crippen LogP contribution in [-0.2, 0) is 32.2 Å². The van der Waals surface area contributed by atoms with Crippen molar-refractivity contribution in [1.82, 2.24) is 4.90 Å². The number of carboxylic acid groups (broad SMARTS) is 2. The molecule has 0 spiro atoms. The van der Waals surface area contributed by atoms with Gasteiger partial charge in [0.15, 0.2) is 0 Å². The number of hydrogen-bond acceptors (Lipinski definition) is 6. The molecule has 0 aliphatic heterocycles. The van der Waals surface area contributed by atoms with Gasteiger partial charge in [0.1, 0.15) is 5.00 Å². The van der Waals surface area contributed by atoms with E-state index in [4.69, 9.17) is 5.11 Å². The van der Waals surface area contributed by atoms with Gasteiger partial charge in [0.25, 0.3) is 11.8 Å². The third-order valence-electron chi connectivity index (χ3n) is 10.5. The number of nitrogens with one attached hydrogen (secondary N) is 3. The zero-order chi connectivity index (χ0) is 41.2. The predicted octanol–water partition coefficient (Wildman–Crippen LogP) is 9.93. The first-order valence-corrected chi connectivity index (χ1v) is 20.5. The minimum atomic E-state index is -1.05. The summed E-state index contributed by atoms with van der Waals surface area (Å²) in [6.45, 7) is 4.27. The quantitative estimate of drug-likeness (QED) is 0.0663. The molecule has 1 heterocycles. The van der Waals surface area contributed by atoms with Crippen LogP contribution in [0, 0.1) is 0 Å². The molecule has 0 bridgehead atoms. The van der Waals surface area contributed by atoms with Gasteiger partial charge in [-0.05, 0) is 141 Å². The summed E-state index contributed by atoms with van der Waals surface area (Å²) in [7, 11) is 0. The zero-order valence-electron chi connectivity index (χ0n) is 32.7. The summed E-state index contributed by atoms with van der Waals surface area (Å²) >= 11 is 1.45. The normalized spacial score (nSPS) is 12.1. The van der Waals surface area contributed by atoms with E-state index in [0.29, 0.717) is 40.3 Å². The van der Waals surface area contributed by atoms with Crippen molar-refractivity contribution in [3.05, 3.63) is 146 Å². The van der Waals surface area contributed by atoms with Gasteiger partial charge in [-0.25, -0.2) is 14.4 Å². The zero-order valence-corrected chi connectivity index (χ0v) is 33.5. The highest BCUT2D eigenvalue weighted by Gasteiger charge is 2.27. The summed E-state index contributed by atoms with van der Waals surface area (Å²) in [5.41, 5.74) is 6.37. The molecule has 12 heteroatoms. The number of urea groups is 1. The Morgan fingerprint density at radius 3 is 1.84 bits per heavy atom. The van der Waals surface area contributed by atoms with Crippen LogP contribution in [0.3, 0.4) is 0 Å². The molecule has 0 saturated carbocycles. The molecule has 4 aromatic carbocycles. The van der Waals surface area contributed by atoms with Crippen LogP contribution in [0.1, 0.15) is 115 Å². The maximum absolute atomic E-state index is 13.9. The average molecular weight is 801 g/mol. The number of aromatic carboxylic acids is 2. The van der Waals surface area contributed by atoms with Gasteiger partial charge in [-0.15, -0.1) is 11.3 Å². The summed E-state index contributed by atoms with van der Waals surface area (Å²) in [6, 6.07) is 27.4. The second-order valence-electron chi connectivity index (χ2n) is 14.5. The van der Waals surface area contributed by atoms with Crippen molar-refractivity contribution in [3.8, 4) is 0 Å². The van der Waals surface area contributed by atoms with E-state index in [-0.39, 0.29) is 41.6 Å². The molecule has 5 N–H and O–H groups in total. The Bertz CT molecular complexity index is 2260. The molecule has 300 valence electrons. The molecule has 0 unspecified atom stereocenters. The molecule has 1 aliphatic carbocycles. The Hall–Kier alpha value is -6.27. The first-order valence-electron chi connectivity index (χ1n) is 19.7. The maximum Gasteiger partial charge on any atom is 0.335 e. The van der Waals surface area contributed by atoms with Crippen LogP contribution in [0.2, 0.25) is 0 Å². The summed E-state index contributed by atoms with van der Waals surface area (Å²) in [5.74, 6) is -2.61. The number of carboxylic acids is 2. The molecule has 5 aromatic rings. The van der Waals surface area contributed by atoms with Crippen LogP contribution < -0.4 is 16.0 Å². The van der Waals surface area contributed by atoms with Crippen LogP contribution in [0.5, 0.6) is 0 Å². The van der Waals surface area contributed by atoms with Gasteiger partial charge >= 0.3 is 18.0 Å². The third-order valence-corrected chi connectivity index (χ3v) is 11.7. The van der Waals surface area contributed by atoms with Crippen LogP contribution >= 0.6 is 11.3 Å². The molecule has 0 atom stereocenters. The number of anilines is 3. The number of carbonyl (C=O) groups is 5. The molecule has 1 aromatic heterocycles. The second-order valence-corrected chi connectivity index (χ2v) is 15.6. The summed E-state index contributed by atoms with van der Waals surface area (Å²) < 4.78 is 0. The SMILES string of the molecule is CCC(CC)N(Cc1cccc(C(=O)Nc2sc3c(c2C(=O)Nc2ccc(CCCc4ccc(C(=O)O)cc4)cc2)CCCC3)c1)C(=O)Nc1ccc(C(=O)O)cc1. The lowest BCUT2D eigenvalue weighted by molar-refractivity contribution is 0.0686. The topological polar surface area (TPSA) is 165 Å². The van der Waals surface area contributed by atoms with Crippen molar-refractivity contribution in [2.45, 2.75) is 84.2 Å². The third kappa shape index (κ3) is 10.4. The summed E-state index contributed by atoms with van der Waals surface area (Å²) in [6.07, 6.45) is 7.57. The van der Waals surface area contributed by atoms with Crippen molar-refractivity contribution in [1.29, 1.82) is 0 Å². The lowest BCUT2D eigenvalue weighted by Crippen LogP contribution is -2.42. The molecule has 1 aliphatic rings. The Morgan fingerprint density at radius 2 is 1.22 bits per heavy atom. The highest BCUT2D eigenvalue weighted by Crippen LogP contribution is 2.39. The van der Waals surface area contributed by atoms with E-state index in [1.54, 1.807) is 47.4 Å². The van der Waals surface area contributed by atoms with E-state index in [1.165, 1.54) is 23.5 Å². The number of thiophene rings is 1. The first kappa shape index (κ1) is 41.4. The molecule has 0 saturated heterocycles. The van der Waals surface area contributed by atoms with Gasteiger partial charge in [0, 0.05) is 34.4 Å². The molecule has 58 heavy (non-hydrogen) atoms. The van der Waals surface area contributed by atoms with Crippen molar-refractivity contribution >= 4 is 57.5 Å². The highest BCUT2D eigenvalue weighted by atomic mass is 32.1. The van der Waals surface area contributed by atoms with E-state index in [1.807, 2.05) is 56.3 Å². The van der Waals surface area contributed by atoms with Gasteiger partial charge in [-0.2, -0.15) is 0 Å². The first-order chi connectivity index (χ1) is 28.0. The number of fused-ring (bicyclic) bond motifs is 1. The number of rotatable bonds is 16. The molecule has 11 nitrogen and oxygen atoms in total. The Labute approximate surface area is 342 Å². The number of hydrogen-bond donors (Lipinski definition) is 5. The summed E-state index contributed by atoms with van der Waals surface area (Å²) in [5, 5.41) is 27.9. The highest BCUT2D eigenvalue weighted by molar-refractivity contribution is 7.17. The maximum atomic E-state index is 13.9. The van der Waals surface area contributed by atoms with Crippen molar-refractivity contribution in [3.63, 3.8) is 0 Å². The van der Waals surface area contributed by atoms with Gasteiger partial charge in [0.2, 0.25) is 0 Å². The standard InChI is InChI=1S/C46H48N4O7S/c1-3-37(4-2)50(46(57)48-36-25-21-33(22-26-36)45(55)56)28-31-11-8-12-34(27-31)41(51)49-43-40(38-13-5-6-14-39(38)58-43)42(52)47-35-23-17-30(18-24-35)10-7-9-29-15-19-32(20-16-29)44(53)54/h8,11-12,15-27,37H,3-7,9-10,13-14,28H2,1-2H3,(H,47,52)(H,48,57)(H,49,51)(H,53,54)(H,55,56). The number of aryl methyl sites for hydroxylation is 3. The summed E-state index contributed by atoms with van der Waals surface area (Å²) in [4.78, 5) is 66.6. The minimum absolute atomic E-state index is 0.0812. The van der Waals surface area contributed by atoms with E-state index >= 15 is 0 Å². The van der Waals surface area contributed by atoms with E-state index in [2.05, 4.69) is 16.0 Å². The minimum Gasteiger partial charge on any atom is -0.478 e. The van der Waals surface area contributed by atoms with Crippen LogP contribution in [-0.4, -0.2) is 50.9 Å². The van der Waals surface area contributed by atoms with Gasteiger partial charge in [-0.1, -0.05) is 50.2 Å². The molecular formula is C46H48N4O7S. The van der Waals surface area contributed by atoms with Gasteiger partial charge in [0.05, 0.1) is 16.7 Å². The number of nitrogens with zero attached hydrogens (tertiary/aromatic N) is 1. The van der Waals surface area contributed by atoms with E-state index in [9.17, 15) is 29.1 Å². The van der Waals surface area contributed by atoms with Crippen LogP contribution in [0.25, 0.3) is 0 Å². The molecule has 4 amide bonds. The van der Waals surface area contributed by atoms with Crippen LogP contribution in [0.15, 0.2) is 97.1 Å². The second kappa shape index (κ2) is 19.3. The average Bonchev–Trinajstić information content (AvgIpc) is 3.60. The fourth-order valence-corrected chi connectivity index (χ4v) is 8.61. The van der Waals surface area contributed by atoms with Crippen molar-refractivity contribution in [2.75, 3.05) is 16.0 Å². The molecule has 0 fully saturated rings. The monoisotopic (exact) mass is 800 g/mol. The van der Waals surface area contributed by atoms with Crippen molar-refractivity contribution < 1.29 is 34.2 Å². The largest absolute Gasteiger partial charge is 0.478 e. The Balaban J connectivity index is 1.12. The fourth-order valence-electron chi connectivity index (χ4n) is 7.32. The van der Waals surface area contributed by atoms with Gasteiger partial charge in [-0.3, -0.25) is 9.59 Å². The Kier molecular flexibility index (Phi) is 13.7. The number of benzene rings is 4. The van der Waals surface area contributed by atoms with Crippen molar-refractivity contribution in [2.24, 2.45) is 0 Å². The molecule has 0 radical (unpaired) electrons. The number of carbonyl (C=O) groups excluding carboxylic acids is 3. The van der Waals surface area contributed by atoms with E-state index < -0.39 is 11.9 Å². The smallest absolute Gasteiger partial charge is 0.335 e. The number of amides is 4. The fraction of sp³-hybridized carbons (Fsp3) is 0.283. The van der Waals surface area contributed by atoms with E-state index in [0.717, 1.165) is 72.1 Å². The predicted molar refractivity (Wildman–Crippen MR) is 228 cm³/mol. The lowest BCUT2D eigenvalue weighted by atomic mass is 9.95. The van der Waals surface area contributed by atoms with Crippen LogP contribution in [0.4, 0.5) is 21.2 Å². The molecule has 6 rings (SSSR count). The Morgan fingerprint density at radius 1 is 0.655 bits per heavy atom. The van der Waals surface area contributed by atoms with Gasteiger partial charge < -0.3 is 31.1 Å². The molecular weight excluding hydrogens is 753 g/mol. The lowest BCUT2D eigenvalue weighted by Gasteiger charge is -2.31.